The molecule has 1 aromatic heterocycles. The fourth-order valence-corrected chi connectivity index (χ4v) is 5.26. The monoisotopic (exact) mass is 445 g/mol. The standard InChI is InChI=1S/C27H28FN3O2/c1-3-15-6-5-7-16(4-2)25(15)17-8-10-21(28)26-18(17)9-11-22(26)31-24-14-29-23(13-30-24)19-12-20(19)27(32)33/h5-8,10,13-14,19-20,22H,3-4,9,11-12H2,1-2H3,(H,30,31)(H,32,33)/t19-,20-,22+/m0/s1. The van der Waals surface area contributed by atoms with Crippen molar-refractivity contribution in [1.29, 1.82) is 0 Å². The van der Waals surface area contributed by atoms with Gasteiger partial charge >= 0.3 is 5.97 Å². The van der Waals surface area contributed by atoms with Gasteiger partial charge in [-0.3, -0.25) is 9.78 Å². The van der Waals surface area contributed by atoms with Gasteiger partial charge in [0.2, 0.25) is 0 Å². The van der Waals surface area contributed by atoms with E-state index in [0.717, 1.165) is 42.4 Å². The van der Waals surface area contributed by atoms with Gasteiger partial charge in [0.15, 0.2) is 0 Å². The average molecular weight is 446 g/mol. The lowest BCUT2D eigenvalue weighted by molar-refractivity contribution is -0.138. The first kappa shape index (κ1) is 21.6. The molecule has 1 heterocycles. The summed E-state index contributed by atoms with van der Waals surface area (Å²) in [6, 6.07) is 9.80. The van der Waals surface area contributed by atoms with E-state index >= 15 is 4.39 Å². The zero-order chi connectivity index (χ0) is 23.1. The molecule has 2 aromatic carbocycles. The summed E-state index contributed by atoms with van der Waals surface area (Å²) in [6.45, 7) is 4.32. The summed E-state index contributed by atoms with van der Waals surface area (Å²) in [7, 11) is 0. The second kappa shape index (κ2) is 8.58. The van der Waals surface area contributed by atoms with Gasteiger partial charge in [0.05, 0.1) is 30.0 Å². The highest BCUT2D eigenvalue weighted by Gasteiger charge is 2.45. The molecule has 33 heavy (non-hydrogen) atoms. The normalized spacial score (nSPS) is 21.0. The Bertz CT molecular complexity index is 1190. The minimum atomic E-state index is -0.784. The molecular weight excluding hydrogens is 417 g/mol. The number of carboxylic acids is 1. The minimum Gasteiger partial charge on any atom is -0.481 e. The van der Waals surface area contributed by atoms with Crippen molar-refractivity contribution in [1.82, 2.24) is 9.97 Å². The first-order valence-electron chi connectivity index (χ1n) is 11.8. The summed E-state index contributed by atoms with van der Waals surface area (Å²) < 4.78 is 15.1. The highest BCUT2D eigenvalue weighted by atomic mass is 19.1. The number of aryl methyl sites for hydroxylation is 2. The van der Waals surface area contributed by atoms with Gasteiger partial charge in [-0.1, -0.05) is 38.1 Å². The number of carboxylic acid groups (broad SMARTS) is 1. The summed E-state index contributed by atoms with van der Waals surface area (Å²) in [5, 5.41) is 12.5. The molecule has 0 bridgehead atoms. The number of nitrogens with one attached hydrogen (secondary N) is 1. The fraction of sp³-hybridized carbons (Fsp3) is 0.370. The van der Waals surface area contributed by atoms with E-state index in [1.165, 1.54) is 16.7 Å². The second-order valence-corrected chi connectivity index (χ2v) is 8.99. The maximum absolute atomic E-state index is 15.1. The minimum absolute atomic E-state index is 0.0531. The van der Waals surface area contributed by atoms with E-state index in [-0.39, 0.29) is 23.7 Å². The number of aliphatic carboxylic acids is 1. The van der Waals surface area contributed by atoms with E-state index in [1.54, 1.807) is 18.5 Å². The van der Waals surface area contributed by atoms with Crippen LogP contribution in [0, 0.1) is 11.7 Å². The third kappa shape index (κ3) is 3.88. The number of benzene rings is 2. The van der Waals surface area contributed by atoms with Crippen molar-refractivity contribution >= 4 is 11.8 Å². The van der Waals surface area contributed by atoms with Crippen molar-refractivity contribution in [3.8, 4) is 11.1 Å². The van der Waals surface area contributed by atoms with Gasteiger partial charge in [-0.05, 0) is 66.0 Å². The van der Waals surface area contributed by atoms with Crippen molar-refractivity contribution in [2.24, 2.45) is 5.92 Å². The van der Waals surface area contributed by atoms with Crippen LogP contribution in [0.2, 0.25) is 0 Å². The third-order valence-corrected chi connectivity index (χ3v) is 7.08. The Morgan fingerprint density at radius 3 is 2.48 bits per heavy atom. The Hall–Kier alpha value is -3.28. The molecule has 0 radical (unpaired) electrons. The number of carbonyl (C=O) groups is 1. The second-order valence-electron chi connectivity index (χ2n) is 8.99. The summed E-state index contributed by atoms with van der Waals surface area (Å²) in [5.41, 5.74) is 7.48. The number of hydrogen-bond donors (Lipinski definition) is 2. The van der Waals surface area contributed by atoms with Crippen molar-refractivity contribution in [2.45, 2.75) is 57.9 Å². The molecule has 6 heteroatoms. The number of fused-ring (bicyclic) bond motifs is 1. The van der Waals surface area contributed by atoms with Crippen molar-refractivity contribution < 1.29 is 14.3 Å². The Kier molecular flexibility index (Phi) is 5.60. The maximum atomic E-state index is 15.1. The Morgan fingerprint density at radius 2 is 1.88 bits per heavy atom. The summed E-state index contributed by atoms with van der Waals surface area (Å²) in [4.78, 5) is 20.0. The van der Waals surface area contributed by atoms with Crippen LogP contribution < -0.4 is 5.32 Å². The van der Waals surface area contributed by atoms with Gasteiger partial charge in [-0.25, -0.2) is 9.37 Å². The van der Waals surface area contributed by atoms with Gasteiger partial charge in [-0.2, -0.15) is 0 Å². The zero-order valence-electron chi connectivity index (χ0n) is 18.9. The molecule has 5 nitrogen and oxygen atoms in total. The lowest BCUT2D eigenvalue weighted by atomic mass is 9.88. The van der Waals surface area contributed by atoms with Crippen LogP contribution >= 0.6 is 0 Å². The quantitative estimate of drug-likeness (QED) is 0.488. The number of nitrogens with zero attached hydrogens (tertiary/aromatic N) is 2. The lowest BCUT2D eigenvalue weighted by Gasteiger charge is -2.19. The molecule has 0 unspecified atom stereocenters. The molecule has 2 N–H and O–H groups in total. The predicted octanol–water partition coefficient (Wildman–Crippen LogP) is 5.70. The summed E-state index contributed by atoms with van der Waals surface area (Å²) in [6.07, 6.45) is 7.34. The SMILES string of the molecule is CCc1cccc(CC)c1-c1ccc(F)c2c1CC[C@H]2Nc1cnc([C@H]2C[C@@H]2C(=O)O)cn1. The van der Waals surface area contributed by atoms with Crippen LogP contribution in [0.25, 0.3) is 11.1 Å². The van der Waals surface area contributed by atoms with E-state index in [1.807, 2.05) is 6.07 Å². The lowest BCUT2D eigenvalue weighted by Crippen LogP contribution is -2.11. The van der Waals surface area contributed by atoms with E-state index in [9.17, 15) is 4.79 Å². The number of rotatable bonds is 7. The van der Waals surface area contributed by atoms with Crippen LogP contribution in [-0.4, -0.2) is 21.0 Å². The molecule has 3 aromatic rings. The molecule has 0 aliphatic heterocycles. The molecule has 170 valence electrons. The molecule has 1 fully saturated rings. The largest absolute Gasteiger partial charge is 0.481 e. The molecule has 3 atom stereocenters. The van der Waals surface area contributed by atoms with Crippen LogP contribution in [-0.2, 0) is 24.1 Å². The van der Waals surface area contributed by atoms with Crippen LogP contribution in [0.3, 0.4) is 0 Å². The average Bonchev–Trinajstić information content (AvgIpc) is 3.53. The number of anilines is 1. The Balaban J connectivity index is 1.44. The van der Waals surface area contributed by atoms with E-state index in [2.05, 4.69) is 47.3 Å². The van der Waals surface area contributed by atoms with Crippen LogP contribution in [0.15, 0.2) is 42.7 Å². The van der Waals surface area contributed by atoms with Crippen molar-refractivity contribution in [2.75, 3.05) is 5.32 Å². The van der Waals surface area contributed by atoms with Crippen molar-refractivity contribution in [3.05, 3.63) is 76.5 Å². The Labute approximate surface area is 193 Å². The highest BCUT2D eigenvalue weighted by Crippen LogP contribution is 2.47. The molecule has 2 aliphatic carbocycles. The van der Waals surface area contributed by atoms with Crippen LogP contribution in [0.4, 0.5) is 10.2 Å². The number of aromatic nitrogens is 2. The van der Waals surface area contributed by atoms with Crippen LogP contribution in [0.1, 0.15) is 66.6 Å². The van der Waals surface area contributed by atoms with Crippen LogP contribution in [0.5, 0.6) is 0 Å². The van der Waals surface area contributed by atoms with Gasteiger partial charge < -0.3 is 10.4 Å². The van der Waals surface area contributed by atoms with Gasteiger partial charge in [0.25, 0.3) is 0 Å². The molecule has 0 saturated heterocycles. The topological polar surface area (TPSA) is 75.1 Å². The highest BCUT2D eigenvalue weighted by molar-refractivity contribution is 5.76. The van der Waals surface area contributed by atoms with Gasteiger partial charge in [0.1, 0.15) is 11.6 Å². The van der Waals surface area contributed by atoms with E-state index < -0.39 is 5.97 Å². The first-order chi connectivity index (χ1) is 16.0. The smallest absolute Gasteiger partial charge is 0.307 e. The summed E-state index contributed by atoms with van der Waals surface area (Å²) in [5.74, 6) is -0.803. The number of halogens is 1. The molecule has 1 saturated carbocycles. The Morgan fingerprint density at radius 1 is 1.12 bits per heavy atom. The molecule has 2 aliphatic rings. The molecular formula is C27H28FN3O2. The van der Waals surface area contributed by atoms with Crippen molar-refractivity contribution in [3.63, 3.8) is 0 Å². The van der Waals surface area contributed by atoms with Gasteiger partial charge in [0, 0.05) is 11.5 Å². The third-order valence-electron chi connectivity index (χ3n) is 7.08. The van der Waals surface area contributed by atoms with Gasteiger partial charge in [-0.15, -0.1) is 0 Å². The fourth-order valence-electron chi connectivity index (χ4n) is 5.26. The molecule has 0 amide bonds. The molecule has 5 rings (SSSR count). The molecule has 0 spiro atoms. The maximum Gasteiger partial charge on any atom is 0.307 e. The summed E-state index contributed by atoms with van der Waals surface area (Å²) >= 11 is 0. The zero-order valence-corrected chi connectivity index (χ0v) is 18.9. The predicted molar refractivity (Wildman–Crippen MR) is 126 cm³/mol. The number of hydrogen-bond acceptors (Lipinski definition) is 4. The van der Waals surface area contributed by atoms with E-state index in [4.69, 9.17) is 5.11 Å². The van der Waals surface area contributed by atoms with E-state index in [0.29, 0.717) is 17.9 Å². The first-order valence-corrected chi connectivity index (χ1v) is 11.8.